The fourth-order valence-corrected chi connectivity index (χ4v) is 1.98. The molecule has 0 aromatic carbocycles. The highest BCUT2D eigenvalue weighted by Crippen LogP contribution is 2.22. The summed E-state index contributed by atoms with van der Waals surface area (Å²) in [5.41, 5.74) is 0. The van der Waals surface area contributed by atoms with Crippen LogP contribution in [0, 0.1) is 0 Å². The molecule has 2 rings (SSSR count). The van der Waals surface area contributed by atoms with Crippen LogP contribution in [0.3, 0.4) is 0 Å². The fraction of sp³-hybridized carbons (Fsp3) is 0.300. The first-order valence-electron chi connectivity index (χ1n) is 5.02. The largest absolute Gasteiger partial charge is 0.485 e. The van der Waals surface area contributed by atoms with Crippen molar-refractivity contribution in [2.75, 3.05) is 0 Å². The molecule has 0 amide bonds. The van der Waals surface area contributed by atoms with Crippen LogP contribution in [0.1, 0.15) is 22.4 Å². The first-order chi connectivity index (χ1) is 8.20. The maximum absolute atomic E-state index is 10.7. The lowest BCUT2D eigenvalue weighted by Gasteiger charge is -2.03. The lowest BCUT2D eigenvalue weighted by molar-refractivity contribution is 0.0702. The van der Waals surface area contributed by atoms with Crippen molar-refractivity contribution in [3.63, 3.8) is 0 Å². The van der Waals surface area contributed by atoms with Gasteiger partial charge in [-0.15, -0.1) is 11.3 Å². The summed E-state index contributed by atoms with van der Waals surface area (Å²) in [5.74, 6) is 0.315. The molecule has 17 heavy (non-hydrogen) atoms. The normalized spacial score (nSPS) is 10.4. The number of carboxylic acid groups (broad SMARTS) is 1. The van der Waals surface area contributed by atoms with Crippen molar-refractivity contribution in [3.8, 4) is 5.75 Å². The molecule has 0 aliphatic heterocycles. The van der Waals surface area contributed by atoms with Crippen molar-refractivity contribution < 1.29 is 14.6 Å². The number of aromatic carboxylic acids is 1. The molecule has 2 aromatic rings. The van der Waals surface area contributed by atoms with Gasteiger partial charge in [-0.3, -0.25) is 0 Å². The van der Waals surface area contributed by atoms with Crippen molar-refractivity contribution in [3.05, 3.63) is 28.5 Å². The Morgan fingerprint density at radius 3 is 3.12 bits per heavy atom. The number of aryl methyl sites for hydroxylation is 1. The Morgan fingerprint density at radius 2 is 2.47 bits per heavy atom. The van der Waals surface area contributed by atoms with Gasteiger partial charge < -0.3 is 9.84 Å². The molecule has 6 nitrogen and oxygen atoms in total. The summed E-state index contributed by atoms with van der Waals surface area (Å²) in [6.07, 6.45) is 1.47. The summed E-state index contributed by atoms with van der Waals surface area (Å²) < 4.78 is 7.17. The second-order valence-electron chi connectivity index (χ2n) is 3.23. The van der Waals surface area contributed by atoms with Gasteiger partial charge in [0.2, 0.25) is 0 Å². The van der Waals surface area contributed by atoms with E-state index in [4.69, 9.17) is 9.84 Å². The Labute approximate surface area is 101 Å². The summed E-state index contributed by atoms with van der Waals surface area (Å²) in [5, 5.41) is 14.4. The van der Waals surface area contributed by atoms with Crippen molar-refractivity contribution >= 4 is 17.3 Å². The SMILES string of the molecule is CCn1ncnc1COc1csc(C(=O)O)c1. The second-order valence-corrected chi connectivity index (χ2v) is 4.14. The Bertz CT molecular complexity index is 520. The van der Waals surface area contributed by atoms with Crippen molar-refractivity contribution in [1.29, 1.82) is 0 Å². The summed E-state index contributed by atoms with van der Waals surface area (Å²) in [6.45, 7) is 2.97. The zero-order chi connectivity index (χ0) is 12.3. The van der Waals surface area contributed by atoms with E-state index in [0.717, 1.165) is 23.7 Å². The van der Waals surface area contributed by atoms with Crippen molar-refractivity contribution in [2.45, 2.75) is 20.1 Å². The van der Waals surface area contributed by atoms with Crippen LogP contribution in [0.25, 0.3) is 0 Å². The number of carboxylic acids is 1. The van der Waals surface area contributed by atoms with Gasteiger partial charge in [0.1, 0.15) is 23.6 Å². The van der Waals surface area contributed by atoms with Crippen LogP contribution < -0.4 is 4.74 Å². The van der Waals surface area contributed by atoms with E-state index >= 15 is 0 Å². The predicted octanol–water partition coefficient (Wildman–Crippen LogP) is 1.64. The van der Waals surface area contributed by atoms with Gasteiger partial charge >= 0.3 is 5.97 Å². The number of thiophene rings is 1. The number of ether oxygens (including phenoxy) is 1. The van der Waals surface area contributed by atoms with E-state index < -0.39 is 5.97 Å². The number of hydrogen-bond donors (Lipinski definition) is 1. The number of hydrogen-bond acceptors (Lipinski definition) is 5. The highest BCUT2D eigenvalue weighted by Gasteiger charge is 2.09. The fourth-order valence-electron chi connectivity index (χ4n) is 1.32. The predicted molar refractivity (Wildman–Crippen MR) is 61.3 cm³/mol. The van der Waals surface area contributed by atoms with Crippen LogP contribution in [0.4, 0.5) is 0 Å². The van der Waals surface area contributed by atoms with Gasteiger partial charge in [0.15, 0.2) is 5.82 Å². The average molecular weight is 253 g/mol. The molecule has 0 spiro atoms. The number of carbonyl (C=O) groups is 1. The summed E-state index contributed by atoms with van der Waals surface area (Å²) in [4.78, 5) is 15.0. The van der Waals surface area contributed by atoms with Crippen LogP contribution in [0.2, 0.25) is 0 Å². The van der Waals surface area contributed by atoms with Gasteiger partial charge in [0.25, 0.3) is 0 Å². The van der Waals surface area contributed by atoms with Crippen LogP contribution in [-0.4, -0.2) is 25.8 Å². The second kappa shape index (κ2) is 4.96. The van der Waals surface area contributed by atoms with Gasteiger partial charge in [-0.2, -0.15) is 5.10 Å². The third-order valence-electron chi connectivity index (χ3n) is 2.15. The maximum Gasteiger partial charge on any atom is 0.346 e. The van der Waals surface area contributed by atoms with Crippen LogP contribution in [-0.2, 0) is 13.2 Å². The number of aromatic nitrogens is 3. The molecule has 7 heteroatoms. The summed E-state index contributed by atoms with van der Waals surface area (Å²) in [7, 11) is 0. The number of rotatable bonds is 5. The highest BCUT2D eigenvalue weighted by molar-refractivity contribution is 7.12. The average Bonchev–Trinajstić information content (AvgIpc) is 2.95. The molecule has 2 aromatic heterocycles. The molecule has 90 valence electrons. The van der Waals surface area contributed by atoms with Gasteiger partial charge in [-0.25, -0.2) is 14.5 Å². The summed E-state index contributed by atoms with van der Waals surface area (Å²) in [6, 6.07) is 1.50. The molecule has 0 unspecified atom stereocenters. The molecule has 2 heterocycles. The molecule has 0 saturated carbocycles. The number of nitrogens with zero attached hydrogens (tertiary/aromatic N) is 3. The van der Waals surface area contributed by atoms with E-state index in [1.807, 2.05) is 6.92 Å². The molecular formula is C10H11N3O3S. The summed E-state index contributed by atoms with van der Waals surface area (Å²) >= 11 is 1.14. The monoisotopic (exact) mass is 253 g/mol. The van der Waals surface area contributed by atoms with E-state index in [-0.39, 0.29) is 11.5 Å². The minimum Gasteiger partial charge on any atom is -0.485 e. The molecule has 0 aliphatic rings. The van der Waals surface area contributed by atoms with Crippen LogP contribution in [0.15, 0.2) is 17.8 Å². The van der Waals surface area contributed by atoms with E-state index in [2.05, 4.69) is 10.1 Å². The molecule has 0 saturated heterocycles. The first-order valence-corrected chi connectivity index (χ1v) is 5.90. The smallest absolute Gasteiger partial charge is 0.346 e. The van der Waals surface area contributed by atoms with Gasteiger partial charge in [0, 0.05) is 18.0 Å². The van der Waals surface area contributed by atoms with Gasteiger partial charge in [-0.1, -0.05) is 0 Å². The Kier molecular flexibility index (Phi) is 3.38. The molecule has 0 fully saturated rings. The molecule has 0 bridgehead atoms. The quantitative estimate of drug-likeness (QED) is 0.876. The lowest BCUT2D eigenvalue weighted by Crippen LogP contribution is -2.06. The van der Waals surface area contributed by atoms with Crippen molar-refractivity contribution in [2.24, 2.45) is 0 Å². The molecule has 0 radical (unpaired) electrons. The van der Waals surface area contributed by atoms with Crippen LogP contribution in [0.5, 0.6) is 5.75 Å². The van der Waals surface area contributed by atoms with Gasteiger partial charge in [-0.05, 0) is 6.92 Å². The molecular weight excluding hydrogens is 242 g/mol. The third kappa shape index (κ3) is 2.62. The molecule has 0 aliphatic carbocycles. The minimum absolute atomic E-state index is 0.261. The minimum atomic E-state index is -0.943. The topological polar surface area (TPSA) is 77.2 Å². The van der Waals surface area contributed by atoms with E-state index in [1.54, 1.807) is 10.1 Å². The highest BCUT2D eigenvalue weighted by atomic mass is 32.1. The Hall–Kier alpha value is -1.89. The standard InChI is InChI=1S/C10H11N3O3S/c1-2-13-9(11-6-12-13)4-16-7-3-8(10(14)15)17-5-7/h3,5-6H,2,4H2,1H3,(H,14,15). The first kappa shape index (κ1) is 11.6. The Balaban J connectivity index is 2.00. The van der Waals surface area contributed by atoms with E-state index in [1.165, 1.54) is 12.4 Å². The van der Waals surface area contributed by atoms with E-state index in [0.29, 0.717) is 5.75 Å². The maximum atomic E-state index is 10.7. The van der Waals surface area contributed by atoms with Crippen LogP contribution >= 0.6 is 11.3 Å². The Morgan fingerprint density at radius 1 is 1.65 bits per heavy atom. The zero-order valence-corrected chi connectivity index (χ0v) is 9.98. The van der Waals surface area contributed by atoms with Gasteiger partial charge in [0.05, 0.1) is 0 Å². The van der Waals surface area contributed by atoms with Crippen molar-refractivity contribution in [1.82, 2.24) is 14.8 Å². The third-order valence-corrected chi connectivity index (χ3v) is 3.05. The zero-order valence-electron chi connectivity index (χ0n) is 9.16. The molecule has 0 atom stereocenters. The molecule has 1 N–H and O–H groups in total. The van der Waals surface area contributed by atoms with E-state index in [9.17, 15) is 4.79 Å². The lowest BCUT2D eigenvalue weighted by atomic mass is 10.4.